The third-order valence-electron chi connectivity index (χ3n) is 7.35. The highest BCUT2D eigenvalue weighted by molar-refractivity contribution is 7.81. The third kappa shape index (κ3) is 6.83. The molecule has 1 aromatic carbocycles. The highest BCUT2D eigenvalue weighted by atomic mass is 32.2. The zero-order valence-electron chi connectivity index (χ0n) is 23.8. The van der Waals surface area contributed by atoms with E-state index in [2.05, 4.69) is 14.7 Å². The van der Waals surface area contributed by atoms with Crippen LogP contribution in [0.25, 0.3) is 10.8 Å². The van der Waals surface area contributed by atoms with E-state index in [1.807, 2.05) is 4.90 Å². The number of aromatic nitrogens is 2. The molecule has 44 heavy (non-hydrogen) atoms. The molecule has 238 valence electrons. The maximum absolute atomic E-state index is 13.8. The van der Waals surface area contributed by atoms with E-state index in [1.54, 1.807) is 13.8 Å². The van der Waals surface area contributed by atoms with Crippen molar-refractivity contribution in [2.45, 2.75) is 64.1 Å². The fourth-order valence-electron chi connectivity index (χ4n) is 5.45. The van der Waals surface area contributed by atoms with Crippen LogP contribution < -0.4 is 19.7 Å². The van der Waals surface area contributed by atoms with Crippen molar-refractivity contribution in [2.24, 2.45) is 0 Å². The number of benzene rings is 1. The Kier molecular flexibility index (Phi) is 9.17. The number of nitrogen functional groups attached to an aromatic ring is 1. The van der Waals surface area contributed by atoms with Crippen molar-refractivity contribution < 1.29 is 41.0 Å². The Morgan fingerprint density at radius 2 is 1.98 bits per heavy atom. The van der Waals surface area contributed by atoms with Gasteiger partial charge in [0.05, 0.1) is 12.3 Å². The standard InChI is InChI=1S/C27H31F3N6O6S2/c1-15(2)41-25(38)20(12-17-11-16-5-7-32-23(31)18(16)13-21(17)42-27(28,29)30)35-10-6-19(24(35)37)36(44(39)40)22-14-33-26(43-22)34-8-3-4-9-34/h5,7,11,13-15,19-20H,3-4,6,8-10,12H2,1-2H3,(H2,31,32)(H,39,40)/p-1/t19-,20+/m0/s1. The Bertz CT molecular complexity index is 1560. The lowest BCUT2D eigenvalue weighted by Gasteiger charge is -2.31. The first kappa shape index (κ1) is 31.7. The number of thiazole rings is 1. The van der Waals surface area contributed by atoms with Crippen LogP contribution in [0.2, 0.25) is 0 Å². The van der Waals surface area contributed by atoms with Gasteiger partial charge in [0.15, 0.2) is 5.13 Å². The smallest absolute Gasteiger partial charge is 0.573 e. The molecule has 4 heterocycles. The summed E-state index contributed by atoms with van der Waals surface area (Å²) in [6.07, 6.45) is -1.28. The van der Waals surface area contributed by atoms with Crippen LogP contribution >= 0.6 is 11.3 Å². The van der Waals surface area contributed by atoms with Gasteiger partial charge < -0.3 is 29.6 Å². The second kappa shape index (κ2) is 12.7. The molecule has 2 aromatic heterocycles. The molecule has 1 unspecified atom stereocenters. The number of hydrogen-bond acceptors (Lipinski definition) is 11. The van der Waals surface area contributed by atoms with Gasteiger partial charge in [0.2, 0.25) is 5.91 Å². The normalized spacial score (nSPS) is 18.7. The zero-order valence-corrected chi connectivity index (χ0v) is 25.4. The number of likely N-dealkylation sites (tertiary alicyclic amines) is 1. The number of anilines is 3. The fraction of sp³-hybridized carbons (Fsp3) is 0.481. The maximum atomic E-state index is 13.8. The lowest BCUT2D eigenvalue weighted by Crippen LogP contribution is -2.49. The molecule has 2 aliphatic rings. The number of hydrogen-bond donors (Lipinski definition) is 1. The summed E-state index contributed by atoms with van der Waals surface area (Å²) in [6.45, 7) is 4.73. The molecule has 0 aliphatic carbocycles. The summed E-state index contributed by atoms with van der Waals surface area (Å²) in [6, 6.07) is 1.44. The molecule has 2 fully saturated rings. The lowest BCUT2D eigenvalue weighted by atomic mass is 10.00. The van der Waals surface area contributed by atoms with Crippen molar-refractivity contribution in [3.8, 4) is 5.75 Å². The molecule has 0 bridgehead atoms. The van der Waals surface area contributed by atoms with Crippen molar-refractivity contribution in [1.82, 2.24) is 14.9 Å². The highest BCUT2D eigenvalue weighted by Gasteiger charge is 2.44. The molecule has 0 saturated carbocycles. The van der Waals surface area contributed by atoms with Crippen LogP contribution in [0, 0.1) is 0 Å². The zero-order chi connectivity index (χ0) is 31.8. The van der Waals surface area contributed by atoms with Gasteiger partial charge in [-0.05, 0) is 62.3 Å². The first-order valence-electron chi connectivity index (χ1n) is 13.9. The first-order chi connectivity index (χ1) is 20.8. The Morgan fingerprint density at radius 1 is 1.25 bits per heavy atom. The van der Waals surface area contributed by atoms with Crippen LogP contribution in [0.5, 0.6) is 5.75 Å². The number of nitrogens with zero attached hydrogens (tertiary/aromatic N) is 5. The van der Waals surface area contributed by atoms with Gasteiger partial charge in [-0.1, -0.05) is 11.3 Å². The molecule has 17 heteroatoms. The number of amides is 1. The van der Waals surface area contributed by atoms with Crippen LogP contribution in [-0.4, -0.2) is 79.7 Å². The minimum atomic E-state index is -5.07. The number of ether oxygens (including phenoxy) is 2. The number of nitrogens with two attached hydrogens (primary N) is 1. The van der Waals surface area contributed by atoms with Crippen LogP contribution in [0.4, 0.5) is 29.1 Å². The molecule has 0 radical (unpaired) electrons. The van der Waals surface area contributed by atoms with Crippen LogP contribution in [-0.2, 0) is 32.0 Å². The largest absolute Gasteiger partial charge is 0.755 e. The van der Waals surface area contributed by atoms with E-state index in [0.29, 0.717) is 10.5 Å². The van der Waals surface area contributed by atoms with Crippen LogP contribution in [0.1, 0.15) is 38.7 Å². The molecule has 3 aromatic rings. The van der Waals surface area contributed by atoms with Gasteiger partial charge in [0, 0.05) is 48.9 Å². The average Bonchev–Trinajstić information content (AvgIpc) is 3.69. The predicted octanol–water partition coefficient (Wildman–Crippen LogP) is 3.54. The summed E-state index contributed by atoms with van der Waals surface area (Å²) < 4.78 is 75.8. The molecular weight excluding hydrogens is 625 g/mol. The van der Waals surface area contributed by atoms with Crippen molar-refractivity contribution in [3.05, 3.63) is 36.2 Å². The molecule has 3 atom stereocenters. The second-order valence-corrected chi connectivity index (χ2v) is 12.5. The van der Waals surface area contributed by atoms with Crippen molar-refractivity contribution >= 4 is 61.2 Å². The van der Waals surface area contributed by atoms with E-state index in [9.17, 15) is 31.5 Å². The Labute approximate surface area is 257 Å². The summed E-state index contributed by atoms with van der Waals surface area (Å²) in [5.74, 6) is -2.18. The van der Waals surface area contributed by atoms with Crippen molar-refractivity contribution in [1.29, 1.82) is 0 Å². The Hall–Kier alpha value is -3.70. The SMILES string of the molecule is CC(C)OC(=O)[C@@H](Cc1cc2ccnc(N)c2cc1OC(F)(F)F)N1CC[C@H](N(c2cnc(N3CCCC3)s2)S(=O)[O-])C1=O. The van der Waals surface area contributed by atoms with Gasteiger partial charge in [-0.25, -0.2) is 14.8 Å². The van der Waals surface area contributed by atoms with E-state index in [4.69, 9.17) is 10.5 Å². The average molecular weight is 656 g/mol. The van der Waals surface area contributed by atoms with Gasteiger partial charge in [0.25, 0.3) is 0 Å². The molecule has 1 amide bonds. The number of rotatable bonds is 10. The predicted molar refractivity (Wildman–Crippen MR) is 157 cm³/mol. The number of carbonyl (C=O) groups excluding carboxylic acids is 2. The number of fused-ring (bicyclic) bond motifs is 1. The molecule has 12 nitrogen and oxygen atoms in total. The van der Waals surface area contributed by atoms with E-state index >= 15 is 0 Å². The van der Waals surface area contributed by atoms with E-state index in [-0.39, 0.29) is 34.7 Å². The van der Waals surface area contributed by atoms with E-state index < -0.39 is 59.9 Å². The molecule has 2 saturated heterocycles. The maximum Gasteiger partial charge on any atom is 0.573 e. The Morgan fingerprint density at radius 3 is 2.64 bits per heavy atom. The fourth-order valence-corrected chi connectivity index (χ4v) is 7.27. The molecular formula is C27H30F3N6O6S2-. The minimum absolute atomic E-state index is 0.0175. The number of halogens is 3. The number of esters is 1. The Balaban J connectivity index is 1.48. The van der Waals surface area contributed by atoms with Gasteiger partial charge >= 0.3 is 12.3 Å². The molecule has 2 N–H and O–H groups in total. The third-order valence-corrected chi connectivity index (χ3v) is 9.29. The summed E-state index contributed by atoms with van der Waals surface area (Å²) in [4.78, 5) is 38.6. The minimum Gasteiger partial charge on any atom is -0.755 e. The molecule has 5 rings (SSSR count). The lowest BCUT2D eigenvalue weighted by molar-refractivity contribution is -0.274. The summed E-state index contributed by atoms with van der Waals surface area (Å²) in [5, 5.41) is 1.53. The number of pyridine rings is 1. The van der Waals surface area contributed by atoms with E-state index in [0.717, 1.165) is 52.5 Å². The van der Waals surface area contributed by atoms with E-state index in [1.165, 1.54) is 24.5 Å². The van der Waals surface area contributed by atoms with Crippen molar-refractivity contribution in [3.63, 3.8) is 0 Å². The van der Waals surface area contributed by atoms with Crippen molar-refractivity contribution in [2.75, 3.05) is 34.6 Å². The van der Waals surface area contributed by atoms with Gasteiger partial charge in [-0.3, -0.25) is 13.3 Å². The number of alkyl halides is 3. The molecule has 0 spiro atoms. The van der Waals surface area contributed by atoms with Crippen LogP contribution in [0.3, 0.4) is 0 Å². The monoisotopic (exact) mass is 655 g/mol. The summed E-state index contributed by atoms with van der Waals surface area (Å²) in [7, 11) is 0. The quantitative estimate of drug-likeness (QED) is 0.253. The first-order valence-corrected chi connectivity index (χ1v) is 15.7. The number of carbonyl (C=O) groups is 2. The van der Waals surface area contributed by atoms with Gasteiger partial charge in [-0.15, -0.1) is 13.2 Å². The van der Waals surface area contributed by atoms with Crippen LogP contribution in [0.15, 0.2) is 30.6 Å². The molecule has 2 aliphatic heterocycles. The van der Waals surface area contributed by atoms with Gasteiger partial charge in [0.1, 0.15) is 28.7 Å². The van der Waals surface area contributed by atoms with Gasteiger partial charge in [-0.2, -0.15) is 0 Å². The topological polar surface area (TPSA) is 154 Å². The highest BCUT2D eigenvalue weighted by Crippen LogP contribution is 2.37. The second-order valence-electron chi connectivity index (χ2n) is 10.7. The summed E-state index contributed by atoms with van der Waals surface area (Å²) in [5.41, 5.74) is 5.84. The summed E-state index contributed by atoms with van der Waals surface area (Å²) >= 11 is -1.72.